The number of carbonyl (C=O) groups is 1. The minimum Gasteiger partial charge on any atom is -0.492 e. The van der Waals surface area contributed by atoms with Gasteiger partial charge in [-0.15, -0.1) is 0 Å². The van der Waals surface area contributed by atoms with Gasteiger partial charge in [-0.2, -0.15) is 0 Å². The van der Waals surface area contributed by atoms with Crippen LogP contribution in [0.25, 0.3) is 10.2 Å². The molecular weight excluding hydrogens is 450 g/mol. The van der Waals surface area contributed by atoms with E-state index in [1.165, 1.54) is 4.31 Å². The van der Waals surface area contributed by atoms with E-state index in [2.05, 4.69) is 5.32 Å². The van der Waals surface area contributed by atoms with Gasteiger partial charge in [0.2, 0.25) is 15.9 Å². The summed E-state index contributed by atoms with van der Waals surface area (Å²) in [5.41, 5.74) is 1.91. The Hall–Kier alpha value is -2.85. The number of ether oxygens (including phenoxy) is 1. The minimum atomic E-state index is -3.55. The minimum absolute atomic E-state index is 0.0285. The summed E-state index contributed by atoms with van der Waals surface area (Å²) in [5.74, 6) is 0.259. The molecule has 0 spiro atoms. The number of thiazole rings is 1. The van der Waals surface area contributed by atoms with Crippen LogP contribution < -0.4 is 19.2 Å². The largest absolute Gasteiger partial charge is 0.492 e. The van der Waals surface area contributed by atoms with E-state index in [9.17, 15) is 18.0 Å². The monoisotopic (exact) mass is 477 g/mol. The van der Waals surface area contributed by atoms with Crippen molar-refractivity contribution in [2.45, 2.75) is 33.2 Å². The van der Waals surface area contributed by atoms with Crippen molar-refractivity contribution in [1.29, 1.82) is 0 Å². The first kappa shape index (κ1) is 23.8. The number of rotatable bonds is 10. The number of aromatic nitrogens is 1. The molecule has 0 bridgehead atoms. The molecule has 1 amide bonds. The molecule has 3 aromatic rings. The SMILES string of the molecule is CCOc1ccccc1N(CCCC(=O)Nc1ccc2c(c1)sc(=O)n2CC)S(C)(=O)=O. The van der Waals surface area contributed by atoms with Crippen LogP contribution >= 0.6 is 11.3 Å². The average Bonchev–Trinajstić information content (AvgIpc) is 3.05. The summed E-state index contributed by atoms with van der Waals surface area (Å²) >= 11 is 1.14. The van der Waals surface area contributed by atoms with Crippen molar-refractivity contribution in [2.24, 2.45) is 0 Å². The van der Waals surface area contributed by atoms with Crippen LogP contribution in [0.1, 0.15) is 26.7 Å². The molecule has 0 aliphatic carbocycles. The van der Waals surface area contributed by atoms with Gasteiger partial charge in [0.1, 0.15) is 5.75 Å². The number of nitrogens with zero attached hydrogens (tertiary/aromatic N) is 2. The lowest BCUT2D eigenvalue weighted by Gasteiger charge is -2.24. The number of carbonyl (C=O) groups excluding carboxylic acids is 1. The van der Waals surface area contributed by atoms with Crippen molar-refractivity contribution in [1.82, 2.24) is 4.57 Å². The van der Waals surface area contributed by atoms with Crippen molar-refractivity contribution in [3.05, 3.63) is 52.1 Å². The van der Waals surface area contributed by atoms with E-state index in [0.717, 1.165) is 27.8 Å². The van der Waals surface area contributed by atoms with E-state index in [1.807, 2.05) is 19.9 Å². The summed E-state index contributed by atoms with van der Waals surface area (Å²) in [6.07, 6.45) is 1.62. The second-order valence-electron chi connectivity index (χ2n) is 7.18. The molecule has 0 radical (unpaired) electrons. The number of nitrogens with one attached hydrogen (secondary N) is 1. The standard InChI is InChI=1S/C22H27N3O5S2/c1-4-24-18-13-12-16(15-20(18)31-22(24)27)23-21(26)11-8-14-25(32(3,28)29)17-9-6-7-10-19(17)30-5-2/h6-7,9-10,12-13,15H,4-5,8,11,14H2,1-3H3,(H,23,26). The maximum absolute atomic E-state index is 12.4. The summed E-state index contributed by atoms with van der Waals surface area (Å²) < 4.78 is 34.1. The first-order valence-corrected chi connectivity index (χ1v) is 13.0. The molecule has 0 atom stereocenters. The van der Waals surface area contributed by atoms with Crippen LogP contribution in [0.2, 0.25) is 0 Å². The van der Waals surface area contributed by atoms with Gasteiger partial charge in [-0.1, -0.05) is 23.5 Å². The van der Waals surface area contributed by atoms with Gasteiger partial charge >= 0.3 is 4.87 Å². The molecule has 1 aromatic heterocycles. The normalized spacial score (nSPS) is 11.5. The third-order valence-corrected chi connectivity index (χ3v) is 6.99. The number of fused-ring (bicyclic) bond motifs is 1. The van der Waals surface area contributed by atoms with Crippen molar-refractivity contribution in [2.75, 3.05) is 29.0 Å². The molecule has 0 unspecified atom stereocenters. The highest BCUT2D eigenvalue weighted by Crippen LogP contribution is 2.30. The highest BCUT2D eigenvalue weighted by molar-refractivity contribution is 7.92. The maximum atomic E-state index is 12.4. The number of anilines is 2. The van der Waals surface area contributed by atoms with Crippen molar-refractivity contribution in [3.8, 4) is 5.75 Å². The maximum Gasteiger partial charge on any atom is 0.308 e. The third-order valence-electron chi connectivity index (χ3n) is 4.87. The van der Waals surface area contributed by atoms with Crippen LogP contribution in [0.5, 0.6) is 5.75 Å². The Morgan fingerprint density at radius 2 is 1.94 bits per heavy atom. The van der Waals surface area contributed by atoms with Crippen molar-refractivity contribution in [3.63, 3.8) is 0 Å². The predicted octanol–water partition coefficient (Wildman–Crippen LogP) is 3.67. The molecular formula is C22H27N3O5S2. The number of amides is 1. The van der Waals surface area contributed by atoms with E-state index >= 15 is 0 Å². The molecule has 1 N–H and O–H groups in total. The summed E-state index contributed by atoms with van der Waals surface area (Å²) in [4.78, 5) is 24.4. The number of hydrogen-bond acceptors (Lipinski definition) is 6. The lowest BCUT2D eigenvalue weighted by atomic mass is 10.2. The van der Waals surface area contributed by atoms with Crippen LogP contribution in [-0.2, 0) is 21.4 Å². The number of sulfonamides is 1. The van der Waals surface area contributed by atoms with Crippen LogP contribution in [0.3, 0.4) is 0 Å². The second-order valence-corrected chi connectivity index (χ2v) is 10.1. The van der Waals surface area contributed by atoms with Gasteiger partial charge in [-0.25, -0.2) is 8.42 Å². The van der Waals surface area contributed by atoms with Gasteiger partial charge in [0, 0.05) is 25.2 Å². The fraction of sp³-hybridized carbons (Fsp3) is 0.364. The zero-order valence-corrected chi connectivity index (χ0v) is 20.0. The predicted molar refractivity (Wildman–Crippen MR) is 129 cm³/mol. The lowest BCUT2D eigenvalue weighted by Crippen LogP contribution is -2.31. The van der Waals surface area contributed by atoms with Gasteiger partial charge in [-0.3, -0.25) is 18.5 Å². The van der Waals surface area contributed by atoms with Crippen LogP contribution in [0.15, 0.2) is 47.3 Å². The zero-order chi connectivity index (χ0) is 23.3. The third kappa shape index (κ3) is 5.49. The molecule has 2 aromatic carbocycles. The summed E-state index contributed by atoms with van der Waals surface area (Å²) in [6, 6.07) is 12.3. The number of para-hydroxylation sites is 2. The summed E-state index contributed by atoms with van der Waals surface area (Å²) in [5, 5.41) is 2.83. The van der Waals surface area contributed by atoms with Gasteiger partial charge in [0.15, 0.2) is 0 Å². The van der Waals surface area contributed by atoms with E-state index in [0.29, 0.717) is 36.7 Å². The first-order chi connectivity index (χ1) is 15.2. The molecule has 10 heteroatoms. The average molecular weight is 478 g/mol. The Balaban J connectivity index is 1.66. The Labute approximate surface area is 191 Å². The van der Waals surface area contributed by atoms with E-state index in [4.69, 9.17) is 4.74 Å². The fourth-order valence-electron chi connectivity index (χ4n) is 3.46. The van der Waals surface area contributed by atoms with Gasteiger partial charge in [0.25, 0.3) is 0 Å². The van der Waals surface area contributed by atoms with Gasteiger partial charge < -0.3 is 10.1 Å². The molecule has 32 heavy (non-hydrogen) atoms. The van der Waals surface area contributed by atoms with Crippen molar-refractivity contribution >= 4 is 48.9 Å². The van der Waals surface area contributed by atoms with Crippen molar-refractivity contribution < 1.29 is 17.9 Å². The second kappa shape index (κ2) is 10.2. The molecule has 0 fully saturated rings. The first-order valence-electron chi connectivity index (χ1n) is 10.4. The number of hydrogen-bond donors (Lipinski definition) is 1. The number of aryl methyl sites for hydroxylation is 1. The van der Waals surface area contributed by atoms with Crippen LogP contribution in [0.4, 0.5) is 11.4 Å². The van der Waals surface area contributed by atoms with Gasteiger partial charge in [-0.05, 0) is 50.6 Å². The molecule has 0 aliphatic rings. The molecule has 8 nitrogen and oxygen atoms in total. The Morgan fingerprint density at radius 3 is 2.62 bits per heavy atom. The molecule has 3 rings (SSSR count). The Bertz CT molecular complexity index is 1260. The molecule has 0 saturated carbocycles. The Kier molecular flexibility index (Phi) is 7.57. The molecule has 0 aliphatic heterocycles. The summed E-state index contributed by atoms with van der Waals surface area (Å²) in [7, 11) is -3.55. The summed E-state index contributed by atoms with van der Waals surface area (Å²) in [6.45, 7) is 4.90. The molecule has 1 heterocycles. The van der Waals surface area contributed by atoms with E-state index in [-0.39, 0.29) is 23.7 Å². The molecule has 0 saturated heterocycles. The van der Waals surface area contributed by atoms with Crippen LogP contribution in [0, 0.1) is 0 Å². The zero-order valence-electron chi connectivity index (χ0n) is 18.3. The van der Waals surface area contributed by atoms with Gasteiger partial charge in [0.05, 0.1) is 28.8 Å². The van der Waals surface area contributed by atoms with Crippen LogP contribution in [-0.4, -0.2) is 38.3 Å². The highest BCUT2D eigenvalue weighted by atomic mass is 32.2. The Morgan fingerprint density at radius 1 is 1.19 bits per heavy atom. The van der Waals surface area contributed by atoms with E-state index in [1.54, 1.807) is 41.0 Å². The topological polar surface area (TPSA) is 97.7 Å². The quantitative estimate of drug-likeness (QED) is 0.481. The highest BCUT2D eigenvalue weighted by Gasteiger charge is 2.21. The fourth-order valence-corrected chi connectivity index (χ4v) is 5.42. The van der Waals surface area contributed by atoms with E-state index < -0.39 is 10.0 Å². The molecule has 172 valence electrons. The lowest BCUT2D eigenvalue weighted by molar-refractivity contribution is -0.116. The number of benzene rings is 2. The smallest absolute Gasteiger partial charge is 0.308 e.